The SMILES string of the molecule is O=C(O)CC1Cc2cc(C(=O)NCCCC3CCNCC3)ccc2CN(CCc2ccc(F)cc2)C1=O. The maximum Gasteiger partial charge on any atom is 0.304 e. The Kier molecular flexibility index (Phi) is 9.28. The maximum absolute atomic E-state index is 13.3. The van der Waals surface area contributed by atoms with Gasteiger partial charge in [0, 0.05) is 25.2 Å². The fourth-order valence-electron chi connectivity index (χ4n) is 5.35. The molecule has 37 heavy (non-hydrogen) atoms. The van der Waals surface area contributed by atoms with Gasteiger partial charge >= 0.3 is 5.97 Å². The van der Waals surface area contributed by atoms with Crippen LogP contribution in [-0.2, 0) is 29.0 Å². The maximum atomic E-state index is 13.3. The van der Waals surface area contributed by atoms with Crippen molar-refractivity contribution in [3.63, 3.8) is 0 Å². The van der Waals surface area contributed by atoms with Gasteiger partial charge in [-0.1, -0.05) is 18.2 Å². The number of nitrogens with one attached hydrogen (secondary N) is 2. The van der Waals surface area contributed by atoms with E-state index in [-0.39, 0.29) is 30.5 Å². The number of halogens is 1. The van der Waals surface area contributed by atoms with Crippen molar-refractivity contribution >= 4 is 17.8 Å². The fourth-order valence-corrected chi connectivity index (χ4v) is 5.35. The number of benzene rings is 2. The number of hydrogen-bond donors (Lipinski definition) is 3. The van der Waals surface area contributed by atoms with E-state index in [4.69, 9.17) is 0 Å². The average molecular weight is 510 g/mol. The van der Waals surface area contributed by atoms with Crippen LogP contribution in [0.4, 0.5) is 4.39 Å². The lowest BCUT2D eigenvalue weighted by Crippen LogP contribution is -2.37. The predicted octanol–water partition coefficient (Wildman–Crippen LogP) is 3.55. The quantitative estimate of drug-likeness (QED) is 0.426. The molecule has 1 fully saturated rings. The van der Waals surface area contributed by atoms with Crippen LogP contribution in [0.1, 0.15) is 59.2 Å². The molecule has 1 unspecified atom stereocenters. The summed E-state index contributed by atoms with van der Waals surface area (Å²) in [6.07, 6.45) is 4.99. The first-order valence-corrected chi connectivity index (χ1v) is 13.2. The summed E-state index contributed by atoms with van der Waals surface area (Å²) in [5.41, 5.74) is 3.19. The molecular formula is C29H36FN3O4. The summed E-state index contributed by atoms with van der Waals surface area (Å²) < 4.78 is 13.2. The van der Waals surface area contributed by atoms with Crippen molar-refractivity contribution < 1.29 is 23.9 Å². The summed E-state index contributed by atoms with van der Waals surface area (Å²) in [4.78, 5) is 39.3. The molecule has 2 aliphatic heterocycles. The van der Waals surface area contributed by atoms with Crippen LogP contribution in [0, 0.1) is 17.7 Å². The van der Waals surface area contributed by atoms with E-state index in [1.54, 1.807) is 23.1 Å². The molecule has 2 aromatic rings. The van der Waals surface area contributed by atoms with Gasteiger partial charge in [0.25, 0.3) is 5.91 Å². The molecular weight excluding hydrogens is 473 g/mol. The molecule has 2 heterocycles. The minimum Gasteiger partial charge on any atom is -0.481 e. The van der Waals surface area contributed by atoms with Crippen molar-refractivity contribution in [2.45, 2.75) is 51.5 Å². The van der Waals surface area contributed by atoms with Crippen LogP contribution in [-0.4, -0.2) is 54.0 Å². The first-order chi connectivity index (χ1) is 17.9. The lowest BCUT2D eigenvalue weighted by molar-refractivity contribution is -0.144. The first kappa shape index (κ1) is 26.8. The Morgan fingerprint density at radius 2 is 1.84 bits per heavy atom. The van der Waals surface area contributed by atoms with Gasteiger partial charge in [0.05, 0.1) is 12.3 Å². The van der Waals surface area contributed by atoms with Gasteiger partial charge in [-0.2, -0.15) is 0 Å². The molecule has 8 heteroatoms. The van der Waals surface area contributed by atoms with E-state index in [1.165, 1.54) is 25.0 Å². The van der Waals surface area contributed by atoms with E-state index in [0.29, 0.717) is 31.6 Å². The molecule has 2 aliphatic rings. The number of carboxylic acid groups (broad SMARTS) is 1. The number of hydrogen-bond acceptors (Lipinski definition) is 4. The molecule has 0 saturated carbocycles. The smallest absolute Gasteiger partial charge is 0.304 e. The standard InChI is InChI=1S/C29H36FN3O4/c30-26-7-3-21(4-8-26)11-15-33-19-23-6-5-22(16-24(23)17-25(29(33)37)18-27(34)35)28(36)32-12-1-2-20-9-13-31-14-10-20/h3-8,16,20,25,31H,1-2,9-15,17-19H2,(H,32,36)(H,34,35). The van der Waals surface area contributed by atoms with E-state index in [9.17, 15) is 23.9 Å². The zero-order chi connectivity index (χ0) is 26.2. The number of fused-ring (bicyclic) bond motifs is 1. The lowest BCUT2D eigenvalue weighted by atomic mass is 9.92. The summed E-state index contributed by atoms with van der Waals surface area (Å²) in [6, 6.07) is 11.6. The molecule has 2 aromatic carbocycles. The van der Waals surface area contributed by atoms with Crippen molar-refractivity contribution in [2.24, 2.45) is 11.8 Å². The fraction of sp³-hybridized carbons (Fsp3) is 0.483. The van der Waals surface area contributed by atoms with E-state index in [2.05, 4.69) is 10.6 Å². The van der Waals surface area contributed by atoms with Gasteiger partial charge in [0.1, 0.15) is 5.82 Å². The third-order valence-corrected chi connectivity index (χ3v) is 7.49. The molecule has 1 atom stereocenters. The number of amides is 2. The number of nitrogens with zero attached hydrogens (tertiary/aromatic N) is 1. The Morgan fingerprint density at radius 3 is 2.57 bits per heavy atom. The zero-order valence-corrected chi connectivity index (χ0v) is 21.2. The molecule has 0 radical (unpaired) electrons. The van der Waals surface area contributed by atoms with Gasteiger partial charge in [-0.15, -0.1) is 0 Å². The van der Waals surface area contributed by atoms with Gasteiger partial charge in [0.2, 0.25) is 5.91 Å². The number of carbonyl (C=O) groups is 3. The number of carbonyl (C=O) groups excluding carboxylic acids is 2. The minimum atomic E-state index is -1.03. The van der Waals surface area contributed by atoms with Crippen LogP contribution in [0.5, 0.6) is 0 Å². The Morgan fingerprint density at radius 1 is 1.08 bits per heavy atom. The minimum absolute atomic E-state index is 0.147. The Labute approximate surface area is 217 Å². The van der Waals surface area contributed by atoms with Gasteiger partial charge in [-0.3, -0.25) is 14.4 Å². The number of piperidine rings is 1. The summed E-state index contributed by atoms with van der Waals surface area (Å²) in [7, 11) is 0. The van der Waals surface area contributed by atoms with Crippen molar-refractivity contribution in [2.75, 3.05) is 26.2 Å². The topological polar surface area (TPSA) is 98.7 Å². The van der Waals surface area contributed by atoms with Crippen LogP contribution in [0.15, 0.2) is 42.5 Å². The molecule has 3 N–H and O–H groups in total. The molecule has 7 nitrogen and oxygen atoms in total. The third-order valence-electron chi connectivity index (χ3n) is 7.49. The Hall–Kier alpha value is -3.26. The second-order valence-corrected chi connectivity index (χ2v) is 10.2. The van der Waals surface area contributed by atoms with E-state index in [0.717, 1.165) is 48.5 Å². The third kappa shape index (κ3) is 7.61. The highest BCUT2D eigenvalue weighted by atomic mass is 19.1. The van der Waals surface area contributed by atoms with Gasteiger partial charge in [-0.05, 0) is 98.5 Å². The number of aliphatic carboxylic acids is 1. The van der Waals surface area contributed by atoms with Crippen LogP contribution in [0.25, 0.3) is 0 Å². The molecule has 0 aromatic heterocycles. The van der Waals surface area contributed by atoms with E-state index < -0.39 is 11.9 Å². The number of carboxylic acids is 1. The summed E-state index contributed by atoms with van der Waals surface area (Å²) in [5.74, 6) is -1.67. The monoisotopic (exact) mass is 509 g/mol. The average Bonchev–Trinajstić information content (AvgIpc) is 3.02. The van der Waals surface area contributed by atoms with Gasteiger partial charge < -0.3 is 20.6 Å². The van der Waals surface area contributed by atoms with Crippen LogP contribution < -0.4 is 10.6 Å². The molecule has 2 amide bonds. The predicted molar refractivity (Wildman–Crippen MR) is 139 cm³/mol. The second kappa shape index (κ2) is 12.8. The normalized spacial score (nSPS) is 18.2. The highest BCUT2D eigenvalue weighted by molar-refractivity contribution is 5.94. The van der Waals surface area contributed by atoms with Crippen molar-refractivity contribution in [1.82, 2.24) is 15.5 Å². The van der Waals surface area contributed by atoms with E-state index >= 15 is 0 Å². The number of rotatable bonds is 10. The lowest BCUT2D eigenvalue weighted by Gasteiger charge is -2.24. The summed E-state index contributed by atoms with van der Waals surface area (Å²) in [6.45, 7) is 3.52. The summed E-state index contributed by atoms with van der Waals surface area (Å²) >= 11 is 0. The Balaban J connectivity index is 1.41. The summed E-state index contributed by atoms with van der Waals surface area (Å²) in [5, 5.41) is 15.8. The zero-order valence-electron chi connectivity index (χ0n) is 21.2. The molecule has 0 bridgehead atoms. The molecule has 198 valence electrons. The van der Waals surface area contributed by atoms with Crippen molar-refractivity contribution in [3.05, 3.63) is 70.5 Å². The highest BCUT2D eigenvalue weighted by Gasteiger charge is 2.31. The van der Waals surface area contributed by atoms with Crippen LogP contribution in [0.3, 0.4) is 0 Å². The first-order valence-electron chi connectivity index (χ1n) is 13.2. The van der Waals surface area contributed by atoms with Gasteiger partial charge in [-0.25, -0.2) is 4.39 Å². The molecule has 1 saturated heterocycles. The van der Waals surface area contributed by atoms with Crippen molar-refractivity contribution in [1.29, 1.82) is 0 Å². The van der Waals surface area contributed by atoms with Crippen LogP contribution in [0.2, 0.25) is 0 Å². The molecule has 0 spiro atoms. The highest BCUT2D eigenvalue weighted by Crippen LogP contribution is 2.27. The largest absolute Gasteiger partial charge is 0.481 e. The molecule has 4 rings (SSSR count). The Bertz CT molecular complexity index is 1100. The molecule has 0 aliphatic carbocycles. The van der Waals surface area contributed by atoms with Crippen molar-refractivity contribution in [3.8, 4) is 0 Å². The van der Waals surface area contributed by atoms with E-state index in [1.807, 2.05) is 12.1 Å². The van der Waals surface area contributed by atoms with Gasteiger partial charge in [0.15, 0.2) is 0 Å². The van der Waals surface area contributed by atoms with Crippen LogP contribution >= 0.6 is 0 Å². The second-order valence-electron chi connectivity index (χ2n) is 10.2.